The van der Waals surface area contributed by atoms with Crippen LogP contribution in [0.1, 0.15) is 19.4 Å². The van der Waals surface area contributed by atoms with Crippen LogP contribution in [0.15, 0.2) is 36.4 Å². The minimum atomic E-state index is -0.534. The molecule has 7 heteroatoms. The highest BCUT2D eigenvalue weighted by molar-refractivity contribution is 6.31. The van der Waals surface area contributed by atoms with Gasteiger partial charge in [0.2, 0.25) is 11.8 Å². The van der Waals surface area contributed by atoms with Crippen molar-refractivity contribution in [2.45, 2.75) is 26.3 Å². The van der Waals surface area contributed by atoms with Gasteiger partial charge in [0.25, 0.3) is 0 Å². The second-order valence-corrected chi connectivity index (χ2v) is 6.66. The summed E-state index contributed by atoms with van der Waals surface area (Å²) in [4.78, 5) is 25.7. The quantitative estimate of drug-likeness (QED) is 0.853. The maximum atomic E-state index is 13.2. The minimum absolute atomic E-state index is 0.0233. The Bertz CT molecular complexity index is 872. The summed E-state index contributed by atoms with van der Waals surface area (Å²) in [5.74, 6) is -0.776. The van der Waals surface area contributed by atoms with Gasteiger partial charge in [0.1, 0.15) is 11.9 Å². The van der Waals surface area contributed by atoms with Crippen LogP contribution in [0.5, 0.6) is 0 Å². The first kappa shape index (κ1) is 18.2. The Morgan fingerprint density at radius 1 is 1.19 bits per heavy atom. The molecule has 136 valence electrons. The zero-order valence-electron chi connectivity index (χ0n) is 14.5. The molecule has 2 aromatic rings. The number of benzene rings is 2. The molecule has 0 spiro atoms. The summed E-state index contributed by atoms with van der Waals surface area (Å²) in [6.45, 7) is 3.96. The molecule has 0 fully saturated rings. The molecule has 2 aromatic carbocycles. The monoisotopic (exact) mass is 375 g/mol. The molecule has 0 aliphatic carbocycles. The topological polar surface area (TPSA) is 61.4 Å². The molecule has 2 amide bonds. The number of carbonyl (C=O) groups is 2. The second kappa shape index (κ2) is 7.33. The number of nitrogens with zero attached hydrogens (tertiary/aromatic N) is 1. The van der Waals surface area contributed by atoms with Gasteiger partial charge >= 0.3 is 0 Å². The summed E-state index contributed by atoms with van der Waals surface area (Å²) in [5.41, 5.74) is 3.22. The Morgan fingerprint density at radius 3 is 2.62 bits per heavy atom. The van der Waals surface area contributed by atoms with Gasteiger partial charge in [-0.25, -0.2) is 4.39 Å². The van der Waals surface area contributed by atoms with Gasteiger partial charge in [0, 0.05) is 30.5 Å². The van der Waals surface area contributed by atoms with Gasteiger partial charge in [-0.2, -0.15) is 0 Å². The Morgan fingerprint density at radius 2 is 1.92 bits per heavy atom. The van der Waals surface area contributed by atoms with Crippen molar-refractivity contribution >= 4 is 40.5 Å². The summed E-state index contributed by atoms with van der Waals surface area (Å²) in [7, 11) is 0. The molecule has 0 saturated heterocycles. The molecular weight excluding hydrogens is 357 g/mol. The van der Waals surface area contributed by atoms with Gasteiger partial charge in [-0.15, -0.1) is 0 Å². The van der Waals surface area contributed by atoms with E-state index < -0.39 is 11.9 Å². The third kappa shape index (κ3) is 3.80. The van der Waals surface area contributed by atoms with Crippen molar-refractivity contribution in [3.63, 3.8) is 0 Å². The molecule has 1 unspecified atom stereocenters. The maximum absolute atomic E-state index is 13.2. The van der Waals surface area contributed by atoms with Gasteiger partial charge < -0.3 is 15.5 Å². The molecule has 0 saturated carbocycles. The molecule has 1 aliphatic heterocycles. The van der Waals surface area contributed by atoms with Crippen molar-refractivity contribution < 1.29 is 14.0 Å². The average molecular weight is 376 g/mol. The van der Waals surface area contributed by atoms with E-state index in [4.69, 9.17) is 11.6 Å². The number of anilines is 3. The van der Waals surface area contributed by atoms with E-state index in [1.807, 2.05) is 18.2 Å². The highest BCUT2D eigenvalue weighted by Gasteiger charge is 2.22. The van der Waals surface area contributed by atoms with Crippen LogP contribution < -0.4 is 15.5 Å². The third-order valence-corrected chi connectivity index (χ3v) is 4.61. The number of halogens is 2. The summed E-state index contributed by atoms with van der Waals surface area (Å²) in [6, 6.07) is 9.20. The second-order valence-electron chi connectivity index (χ2n) is 6.25. The van der Waals surface area contributed by atoms with E-state index in [0.29, 0.717) is 12.2 Å². The van der Waals surface area contributed by atoms with E-state index in [2.05, 4.69) is 10.6 Å². The predicted octanol–water partition coefficient (Wildman–Crippen LogP) is 3.83. The lowest BCUT2D eigenvalue weighted by Gasteiger charge is -2.18. The molecular formula is C19H19ClFN3O2. The van der Waals surface area contributed by atoms with Gasteiger partial charge in [0.05, 0.1) is 5.02 Å². The lowest BCUT2D eigenvalue weighted by molar-refractivity contribution is -0.117. The largest absolute Gasteiger partial charge is 0.374 e. The first-order valence-electron chi connectivity index (χ1n) is 8.28. The van der Waals surface area contributed by atoms with Crippen molar-refractivity contribution in [2.24, 2.45) is 0 Å². The van der Waals surface area contributed by atoms with E-state index >= 15 is 0 Å². The molecule has 1 atom stereocenters. The number of hydrogen-bond donors (Lipinski definition) is 2. The number of amides is 2. The molecule has 0 bridgehead atoms. The SMILES string of the molecule is CC(=O)N1CCc2cc(NC(C)C(=O)Nc3ccc(F)c(Cl)c3)ccc21. The van der Waals surface area contributed by atoms with Crippen molar-refractivity contribution in [3.05, 3.63) is 52.8 Å². The van der Waals surface area contributed by atoms with Gasteiger partial charge in [-0.3, -0.25) is 9.59 Å². The summed E-state index contributed by atoms with van der Waals surface area (Å²) >= 11 is 5.72. The predicted molar refractivity (Wildman–Crippen MR) is 101 cm³/mol. The van der Waals surface area contributed by atoms with E-state index in [9.17, 15) is 14.0 Å². The number of nitrogens with one attached hydrogen (secondary N) is 2. The van der Waals surface area contributed by atoms with Gasteiger partial charge in [0.15, 0.2) is 0 Å². The smallest absolute Gasteiger partial charge is 0.246 e. The van der Waals surface area contributed by atoms with Crippen LogP contribution in [-0.2, 0) is 16.0 Å². The van der Waals surface area contributed by atoms with E-state index in [0.717, 1.165) is 23.4 Å². The zero-order valence-corrected chi connectivity index (χ0v) is 15.2. The average Bonchev–Trinajstić information content (AvgIpc) is 3.01. The molecule has 0 radical (unpaired) electrons. The highest BCUT2D eigenvalue weighted by atomic mass is 35.5. The number of fused-ring (bicyclic) bond motifs is 1. The lowest BCUT2D eigenvalue weighted by Crippen LogP contribution is -2.31. The fourth-order valence-corrected chi connectivity index (χ4v) is 3.14. The Labute approximate surface area is 156 Å². The van der Waals surface area contributed by atoms with Crippen molar-refractivity contribution in [1.29, 1.82) is 0 Å². The minimum Gasteiger partial charge on any atom is -0.374 e. The van der Waals surface area contributed by atoms with Crippen molar-refractivity contribution in [1.82, 2.24) is 0 Å². The van der Waals surface area contributed by atoms with Crippen LogP contribution in [0.3, 0.4) is 0 Å². The van der Waals surface area contributed by atoms with Gasteiger partial charge in [-0.05, 0) is 55.3 Å². The molecule has 1 heterocycles. The van der Waals surface area contributed by atoms with Crippen LogP contribution in [0.25, 0.3) is 0 Å². The van der Waals surface area contributed by atoms with E-state index in [1.165, 1.54) is 18.2 Å². The van der Waals surface area contributed by atoms with Crippen molar-refractivity contribution in [3.8, 4) is 0 Å². The number of hydrogen-bond acceptors (Lipinski definition) is 3. The maximum Gasteiger partial charge on any atom is 0.246 e. The molecule has 0 aromatic heterocycles. The Kier molecular flexibility index (Phi) is 5.13. The molecule has 26 heavy (non-hydrogen) atoms. The molecule has 3 rings (SSSR count). The first-order valence-corrected chi connectivity index (χ1v) is 8.66. The molecule has 1 aliphatic rings. The summed E-state index contributed by atoms with van der Waals surface area (Å²) < 4.78 is 13.2. The number of carbonyl (C=O) groups excluding carboxylic acids is 2. The van der Waals surface area contributed by atoms with E-state index in [-0.39, 0.29) is 16.8 Å². The number of rotatable bonds is 4. The van der Waals surface area contributed by atoms with Crippen LogP contribution in [-0.4, -0.2) is 24.4 Å². The van der Waals surface area contributed by atoms with Crippen LogP contribution in [0.2, 0.25) is 5.02 Å². The fraction of sp³-hybridized carbons (Fsp3) is 0.263. The zero-order chi connectivity index (χ0) is 18.8. The van der Waals surface area contributed by atoms with Crippen LogP contribution >= 0.6 is 11.6 Å². The normalized spacial score (nSPS) is 13.9. The fourth-order valence-electron chi connectivity index (χ4n) is 2.96. The standard InChI is InChI=1S/C19H19ClFN3O2/c1-11(19(26)23-15-3-5-17(21)16(20)10-15)22-14-4-6-18-13(9-14)7-8-24(18)12(2)25/h3-6,9-11,22H,7-8H2,1-2H3,(H,23,26). The van der Waals surface area contributed by atoms with Gasteiger partial charge in [-0.1, -0.05) is 11.6 Å². The molecule has 2 N–H and O–H groups in total. The van der Waals surface area contributed by atoms with E-state index in [1.54, 1.807) is 18.7 Å². The summed E-state index contributed by atoms with van der Waals surface area (Å²) in [6.07, 6.45) is 0.791. The molecule has 5 nitrogen and oxygen atoms in total. The Balaban J connectivity index is 1.66. The lowest BCUT2D eigenvalue weighted by atomic mass is 10.1. The third-order valence-electron chi connectivity index (χ3n) is 4.32. The Hall–Kier alpha value is -2.60. The van der Waals surface area contributed by atoms with Crippen LogP contribution in [0.4, 0.5) is 21.5 Å². The first-order chi connectivity index (χ1) is 12.3. The van der Waals surface area contributed by atoms with Crippen LogP contribution in [0, 0.1) is 5.82 Å². The van der Waals surface area contributed by atoms with Crippen molar-refractivity contribution in [2.75, 3.05) is 22.1 Å². The summed E-state index contributed by atoms with van der Waals surface area (Å²) in [5, 5.41) is 5.79. The highest BCUT2D eigenvalue weighted by Crippen LogP contribution is 2.30.